The largest absolute Gasteiger partial charge is 0.385 e. The van der Waals surface area contributed by atoms with Crippen LogP contribution >= 0.6 is 11.8 Å². The van der Waals surface area contributed by atoms with Crippen LogP contribution in [0.4, 0.5) is 0 Å². The summed E-state index contributed by atoms with van der Waals surface area (Å²) in [6.45, 7) is 3.52. The molecular weight excluding hydrogens is 160 g/mol. The third kappa shape index (κ3) is 2.71. The Labute approximate surface area is 71.4 Å². The Hall–Kier alpha value is -0.220. The molecule has 0 spiro atoms. The fourth-order valence-corrected chi connectivity index (χ4v) is 1.80. The summed E-state index contributed by atoms with van der Waals surface area (Å²) in [5, 5.41) is 0. The SMILES string of the molecule is CCN=C(N)C1CSCCO1. The van der Waals surface area contributed by atoms with E-state index in [9.17, 15) is 0 Å². The van der Waals surface area contributed by atoms with Crippen molar-refractivity contribution in [3.8, 4) is 0 Å². The van der Waals surface area contributed by atoms with E-state index in [0.29, 0.717) is 5.84 Å². The second-order valence-electron chi connectivity index (χ2n) is 2.33. The van der Waals surface area contributed by atoms with Crippen molar-refractivity contribution in [1.82, 2.24) is 0 Å². The molecule has 0 bridgehead atoms. The normalized spacial score (nSPS) is 27.0. The second kappa shape index (κ2) is 4.62. The highest BCUT2D eigenvalue weighted by molar-refractivity contribution is 7.99. The van der Waals surface area contributed by atoms with Crippen molar-refractivity contribution in [3.05, 3.63) is 0 Å². The lowest BCUT2D eigenvalue weighted by atomic mass is 10.3. The van der Waals surface area contributed by atoms with E-state index < -0.39 is 0 Å². The quantitative estimate of drug-likeness (QED) is 0.490. The fraction of sp³-hybridized carbons (Fsp3) is 0.857. The zero-order valence-electron chi connectivity index (χ0n) is 6.75. The third-order valence-electron chi connectivity index (χ3n) is 1.49. The molecule has 4 heteroatoms. The Morgan fingerprint density at radius 1 is 1.82 bits per heavy atom. The average molecular weight is 174 g/mol. The van der Waals surface area contributed by atoms with Crippen molar-refractivity contribution in [3.63, 3.8) is 0 Å². The lowest BCUT2D eigenvalue weighted by Crippen LogP contribution is -2.37. The van der Waals surface area contributed by atoms with E-state index in [-0.39, 0.29) is 6.10 Å². The zero-order chi connectivity index (χ0) is 8.10. The lowest BCUT2D eigenvalue weighted by molar-refractivity contribution is 0.120. The van der Waals surface area contributed by atoms with Gasteiger partial charge in [-0.15, -0.1) is 0 Å². The highest BCUT2D eigenvalue weighted by atomic mass is 32.2. The molecule has 3 nitrogen and oxygen atoms in total. The van der Waals surface area contributed by atoms with Crippen LogP contribution in [0.15, 0.2) is 4.99 Å². The van der Waals surface area contributed by atoms with Crippen LogP contribution in [-0.4, -0.2) is 36.6 Å². The fourth-order valence-electron chi connectivity index (χ4n) is 0.943. The summed E-state index contributed by atoms with van der Waals surface area (Å²) < 4.78 is 5.42. The summed E-state index contributed by atoms with van der Waals surface area (Å²) in [7, 11) is 0. The highest BCUT2D eigenvalue weighted by Crippen LogP contribution is 2.12. The predicted octanol–water partition coefficient (Wildman–Crippen LogP) is 0.496. The highest BCUT2D eigenvalue weighted by Gasteiger charge is 2.17. The van der Waals surface area contributed by atoms with Crippen molar-refractivity contribution in [1.29, 1.82) is 0 Å². The molecule has 1 rings (SSSR count). The number of hydrogen-bond donors (Lipinski definition) is 1. The van der Waals surface area contributed by atoms with E-state index in [4.69, 9.17) is 10.5 Å². The first-order valence-electron chi connectivity index (χ1n) is 3.83. The van der Waals surface area contributed by atoms with Gasteiger partial charge in [-0.2, -0.15) is 11.8 Å². The van der Waals surface area contributed by atoms with Crippen LogP contribution in [0.1, 0.15) is 6.92 Å². The van der Waals surface area contributed by atoms with Crippen molar-refractivity contribution >= 4 is 17.6 Å². The maximum Gasteiger partial charge on any atom is 0.124 e. The summed E-state index contributed by atoms with van der Waals surface area (Å²) in [6.07, 6.45) is 0.0636. The summed E-state index contributed by atoms with van der Waals surface area (Å²) in [5.74, 6) is 2.69. The van der Waals surface area contributed by atoms with Gasteiger partial charge in [0.05, 0.1) is 6.61 Å². The van der Waals surface area contributed by atoms with Crippen LogP contribution in [0.2, 0.25) is 0 Å². The molecule has 0 aromatic carbocycles. The molecule has 1 aliphatic heterocycles. The number of nitrogens with two attached hydrogens (primary N) is 1. The van der Waals surface area contributed by atoms with Crippen LogP contribution in [0.3, 0.4) is 0 Å². The molecule has 0 aromatic rings. The van der Waals surface area contributed by atoms with Crippen molar-refractivity contribution in [2.24, 2.45) is 10.7 Å². The minimum atomic E-state index is 0.0636. The summed E-state index contributed by atoms with van der Waals surface area (Å²) in [4.78, 5) is 4.10. The van der Waals surface area contributed by atoms with Gasteiger partial charge in [0.15, 0.2) is 0 Å². The Balaban J connectivity index is 2.38. The predicted molar refractivity (Wildman–Crippen MR) is 49.2 cm³/mol. The summed E-state index contributed by atoms with van der Waals surface area (Å²) >= 11 is 1.87. The van der Waals surface area contributed by atoms with Gasteiger partial charge < -0.3 is 10.5 Å². The van der Waals surface area contributed by atoms with Crippen LogP contribution in [0.25, 0.3) is 0 Å². The number of aliphatic imine (C=N–C) groups is 1. The monoisotopic (exact) mass is 174 g/mol. The van der Waals surface area contributed by atoms with Gasteiger partial charge in [0.2, 0.25) is 0 Å². The van der Waals surface area contributed by atoms with Gasteiger partial charge in [-0.1, -0.05) is 0 Å². The maximum atomic E-state index is 5.67. The molecule has 0 amide bonds. The number of nitrogens with zero attached hydrogens (tertiary/aromatic N) is 1. The van der Waals surface area contributed by atoms with Gasteiger partial charge in [-0.3, -0.25) is 4.99 Å². The Morgan fingerprint density at radius 3 is 3.18 bits per heavy atom. The molecular formula is C7H14N2OS. The molecule has 1 fully saturated rings. The topological polar surface area (TPSA) is 47.6 Å². The molecule has 0 saturated carbocycles. The van der Waals surface area contributed by atoms with Gasteiger partial charge in [-0.05, 0) is 6.92 Å². The van der Waals surface area contributed by atoms with Crippen molar-refractivity contribution in [2.45, 2.75) is 13.0 Å². The standard InChI is InChI=1S/C7H14N2OS/c1-2-9-7(8)6-5-11-4-3-10-6/h6H,2-5H2,1H3,(H2,8,9). The Morgan fingerprint density at radius 2 is 2.64 bits per heavy atom. The molecule has 0 radical (unpaired) electrons. The molecule has 1 unspecified atom stereocenters. The third-order valence-corrected chi connectivity index (χ3v) is 2.48. The van der Waals surface area contributed by atoms with Gasteiger partial charge >= 0.3 is 0 Å². The number of rotatable bonds is 2. The Bertz CT molecular complexity index is 143. The van der Waals surface area contributed by atoms with Crippen LogP contribution < -0.4 is 5.73 Å². The molecule has 0 aromatic heterocycles. The van der Waals surface area contributed by atoms with Gasteiger partial charge in [0.1, 0.15) is 11.9 Å². The minimum absolute atomic E-state index is 0.0636. The first-order chi connectivity index (χ1) is 5.34. The Kier molecular flexibility index (Phi) is 3.72. The first kappa shape index (κ1) is 8.87. The van der Waals surface area contributed by atoms with Crippen LogP contribution in [0, 0.1) is 0 Å². The molecule has 1 atom stereocenters. The zero-order valence-corrected chi connectivity index (χ0v) is 7.56. The molecule has 1 aliphatic rings. The molecule has 1 heterocycles. The average Bonchev–Trinajstić information content (AvgIpc) is 2.07. The number of thioether (sulfide) groups is 1. The van der Waals surface area contributed by atoms with Crippen molar-refractivity contribution < 1.29 is 4.74 Å². The number of hydrogen-bond acceptors (Lipinski definition) is 3. The van der Waals surface area contributed by atoms with E-state index in [2.05, 4.69) is 4.99 Å². The van der Waals surface area contributed by atoms with Crippen molar-refractivity contribution in [2.75, 3.05) is 24.7 Å². The molecule has 64 valence electrons. The molecule has 1 saturated heterocycles. The van der Waals surface area contributed by atoms with E-state index in [1.807, 2.05) is 18.7 Å². The van der Waals surface area contributed by atoms with Gasteiger partial charge in [-0.25, -0.2) is 0 Å². The van der Waals surface area contributed by atoms with E-state index in [1.165, 1.54) is 0 Å². The van der Waals surface area contributed by atoms with Gasteiger partial charge in [0, 0.05) is 18.1 Å². The maximum absolute atomic E-state index is 5.67. The van der Waals surface area contributed by atoms with Crippen LogP contribution in [-0.2, 0) is 4.74 Å². The van der Waals surface area contributed by atoms with E-state index in [0.717, 1.165) is 24.7 Å². The van der Waals surface area contributed by atoms with E-state index >= 15 is 0 Å². The number of ether oxygens (including phenoxy) is 1. The molecule has 2 N–H and O–H groups in total. The smallest absolute Gasteiger partial charge is 0.124 e. The number of amidine groups is 1. The molecule has 11 heavy (non-hydrogen) atoms. The lowest BCUT2D eigenvalue weighted by Gasteiger charge is -2.21. The minimum Gasteiger partial charge on any atom is -0.385 e. The van der Waals surface area contributed by atoms with Crippen LogP contribution in [0.5, 0.6) is 0 Å². The molecule has 0 aliphatic carbocycles. The van der Waals surface area contributed by atoms with E-state index in [1.54, 1.807) is 0 Å². The summed E-state index contributed by atoms with van der Waals surface area (Å²) in [5.41, 5.74) is 5.67. The van der Waals surface area contributed by atoms with Gasteiger partial charge in [0.25, 0.3) is 0 Å². The second-order valence-corrected chi connectivity index (χ2v) is 3.48. The first-order valence-corrected chi connectivity index (χ1v) is 4.99. The summed E-state index contributed by atoms with van der Waals surface area (Å²) in [6, 6.07) is 0.